The number of ether oxygens (including phenoxy) is 2. The highest BCUT2D eigenvalue weighted by molar-refractivity contribution is 5.69. The quantitative estimate of drug-likeness (QED) is 0.842. The molecule has 1 atom stereocenters. The van der Waals surface area contributed by atoms with Crippen molar-refractivity contribution in [2.75, 3.05) is 13.7 Å². The van der Waals surface area contributed by atoms with E-state index in [1.165, 1.54) is 5.56 Å². The summed E-state index contributed by atoms with van der Waals surface area (Å²) in [6.45, 7) is 0.481. The van der Waals surface area contributed by atoms with Gasteiger partial charge in [-0.05, 0) is 30.5 Å². The fraction of sp³-hybridized carbons (Fsp3) is 0.417. The van der Waals surface area contributed by atoms with Gasteiger partial charge in [-0.25, -0.2) is 4.79 Å². The van der Waals surface area contributed by atoms with Gasteiger partial charge in [-0.2, -0.15) is 0 Å². The molecule has 0 aromatic heterocycles. The van der Waals surface area contributed by atoms with Crippen molar-refractivity contribution < 1.29 is 14.3 Å². The summed E-state index contributed by atoms with van der Waals surface area (Å²) in [7, 11) is 1.65. The fourth-order valence-electron chi connectivity index (χ4n) is 1.71. The molecule has 1 aliphatic heterocycles. The molecule has 4 heteroatoms. The average Bonchev–Trinajstić information content (AvgIpc) is 2.73. The molecule has 1 N–H and O–H groups in total. The lowest BCUT2D eigenvalue weighted by molar-refractivity contribution is 0.176. The molecule has 1 fully saturated rings. The zero-order chi connectivity index (χ0) is 11.4. The summed E-state index contributed by atoms with van der Waals surface area (Å²) in [5.41, 5.74) is 1.24. The van der Waals surface area contributed by atoms with Crippen LogP contribution in [0.5, 0.6) is 5.75 Å². The molecular weight excluding hydrogens is 206 g/mol. The van der Waals surface area contributed by atoms with Crippen LogP contribution in [0.4, 0.5) is 4.79 Å². The molecule has 0 unspecified atom stereocenters. The first-order chi connectivity index (χ1) is 7.78. The van der Waals surface area contributed by atoms with E-state index in [0.29, 0.717) is 6.61 Å². The Hall–Kier alpha value is -1.71. The molecule has 1 amide bonds. The highest BCUT2D eigenvalue weighted by atomic mass is 16.6. The Labute approximate surface area is 94.6 Å². The van der Waals surface area contributed by atoms with Gasteiger partial charge < -0.3 is 14.8 Å². The zero-order valence-corrected chi connectivity index (χ0v) is 9.23. The first kappa shape index (κ1) is 10.8. The van der Waals surface area contributed by atoms with Crippen LogP contribution in [-0.2, 0) is 11.2 Å². The summed E-state index contributed by atoms with van der Waals surface area (Å²) < 4.78 is 9.90. The third-order valence-electron chi connectivity index (χ3n) is 2.68. The molecule has 0 saturated carbocycles. The van der Waals surface area contributed by atoms with Crippen molar-refractivity contribution in [3.8, 4) is 5.75 Å². The van der Waals surface area contributed by atoms with E-state index in [4.69, 9.17) is 9.47 Å². The maximum Gasteiger partial charge on any atom is 0.407 e. The standard InChI is InChI=1S/C12H15NO3/c1-15-11-6-3-9(4-7-11)2-5-10-8-16-12(14)13-10/h3-4,6-7,10H,2,5,8H2,1H3,(H,13,14)/t10-/m0/s1. The first-order valence-corrected chi connectivity index (χ1v) is 5.34. The number of hydrogen-bond donors (Lipinski definition) is 1. The first-order valence-electron chi connectivity index (χ1n) is 5.34. The monoisotopic (exact) mass is 221 g/mol. The second-order valence-electron chi connectivity index (χ2n) is 3.83. The largest absolute Gasteiger partial charge is 0.497 e. The van der Waals surface area contributed by atoms with Gasteiger partial charge >= 0.3 is 6.09 Å². The van der Waals surface area contributed by atoms with Crippen LogP contribution >= 0.6 is 0 Å². The highest BCUT2D eigenvalue weighted by Gasteiger charge is 2.21. The van der Waals surface area contributed by atoms with Crippen molar-refractivity contribution >= 4 is 6.09 Å². The van der Waals surface area contributed by atoms with Crippen LogP contribution in [-0.4, -0.2) is 25.9 Å². The van der Waals surface area contributed by atoms with Gasteiger partial charge in [0.2, 0.25) is 0 Å². The molecule has 86 valence electrons. The summed E-state index contributed by atoms with van der Waals surface area (Å²) >= 11 is 0. The van der Waals surface area contributed by atoms with Crippen LogP contribution in [0, 0.1) is 0 Å². The SMILES string of the molecule is COc1ccc(CC[C@H]2COC(=O)N2)cc1. The third-order valence-corrected chi connectivity index (χ3v) is 2.68. The van der Waals surface area contributed by atoms with Gasteiger partial charge in [0.1, 0.15) is 12.4 Å². The van der Waals surface area contributed by atoms with Gasteiger partial charge in [-0.3, -0.25) is 0 Å². The van der Waals surface area contributed by atoms with E-state index in [9.17, 15) is 4.79 Å². The van der Waals surface area contributed by atoms with Crippen molar-refractivity contribution in [3.63, 3.8) is 0 Å². The smallest absolute Gasteiger partial charge is 0.407 e. The van der Waals surface area contributed by atoms with Gasteiger partial charge in [0, 0.05) is 0 Å². The number of alkyl carbamates (subject to hydrolysis) is 1. The van der Waals surface area contributed by atoms with E-state index in [0.717, 1.165) is 18.6 Å². The summed E-state index contributed by atoms with van der Waals surface area (Å²) in [4.78, 5) is 10.8. The predicted octanol–water partition coefficient (Wildman–Crippen LogP) is 1.74. The zero-order valence-electron chi connectivity index (χ0n) is 9.23. The molecular formula is C12H15NO3. The van der Waals surface area contributed by atoms with Crippen LogP contribution in [0.2, 0.25) is 0 Å². The molecule has 0 radical (unpaired) electrons. The minimum Gasteiger partial charge on any atom is -0.497 e. The number of cyclic esters (lactones) is 1. The number of hydrogen-bond acceptors (Lipinski definition) is 3. The second-order valence-corrected chi connectivity index (χ2v) is 3.83. The van der Waals surface area contributed by atoms with Crippen molar-refractivity contribution in [3.05, 3.63) is 29.8 Å². The topological polar surface area (TPSA) is 47.6 Å². The number of methoxy groups -OCH3 is 1. The van der Waals surface area contributed by atoms with Gasteiger partial charge in [-0.15, -0.1) is 0 Å². The molecule has 1 heterocycles. The summed E-state index contributed by atoms with van der Waals surface area (Å²) in [5, 5.41) is 2.76. The Morgan fingerprint density at radius 2 is 2.19 bits per heavy atom. The van der Waals surface area contributed by atoms with E-state index in [1.54, 1.807) is 7.11 Å². The normalized spacial score (nSPS) is 19.1. The molecule has 1 aromatic rings. The Bertz CT molecular complexity index is 361. The van der Waals surface area contributed by atoms with Crippen molar-refractivity contribution in [1.29, 1.82) is 0 Å². The lowest BCUT2D eigenvalue weighted by Gasteiger charge is -2.07. The number of carbonyl (C=O) groups excluding carboxylic acids is 1. The number of rotatable bonds is 4. The summed E-state index contributed by atoms with van der Waals surface area (Å²) in [6, 6.07) is 8.11. The third kappa shape index (κ3) is 2.66. The number of carbonyl (C=O) groups is 1. The number of aryl methyl sites for hydroxylation is 1. The molecule has 0 bridgehead atoms. The molecule has 0 aliphatic carbocycles. The lowest BCUT2D eigenvalue weighted by atomic mass is 10.1. The van der Waals surface area contributed by atoms with Crippen LogP contribution in [0.3, 0.4) is 0 Å². The van der Waals surface area contributed by atoms with E-state index in [2.05, 4.69) is 5.32 Å². The number of nitrogens with one attached hydrogen (secondary N) is 1. The fourth-order valence-corrected chi connectivity index (χ4v) is 1.71. The van der Waals surface area contributed by atoms with Crippen LogP contribution in [0.25, 0.3) is 0 Å². The molecule has 16 heavy (non-hydrogen) atoms. The molecule has 4 nitrogen and oxygen atoms in total. The number of benzene rings is 1. The van der Waals surface area contributed by atoms with Crippen LogP contribution in [0.1, 0.15) is 12.0 Å². The number of amides is 1. The lowest BCUT2D eigenvalue weighted by Crippen LogP contribution is -2.26. The molecule has 1 saturated heterocycles. The van der Waals surface area contributed by atoms with E-state index >= 15 is 0 Å². The molecule has 2 rings (SSSR count). The Kier molecular flexibility index (Phi) is 3.29. The van der Waals surface area contributed by atoms with Crippen molar-refractivity contribution in [1.82, 2.24) is 5.32 Å². The summed E-state index contributed by atoms with van der Waals surface area (Å²) in [6.07, 6.45) is 1.52. The maximum atomic E-state index is 10.8. The van der Waals surface area contributed by atoms with Crippen LogP contribution in [0.15, 0.2) is 24.3 Å². The molecule has 1 aromatic carbocycles. The Morgan fingerprint density at radius 3 is 2.75 bits per heavy atom. The minimum absolute atomic E-state index is 0.148. The van der Waals surface area contributed by atoms with Crippen molar-refractivity contribution in [2.45, 2.75) is 18.9 Å². The Balaban J connectivity index is 1.82. The van der Waals surface area contributed by atoms with Crippen LogP contribution < -0.4 is 10.1 Å². The van der Waals surface area contributed by atoms with Gasteiger partial charge in [-0.1, -0.05) is 12.1 Å². The second kappa shape index (κ2) is 4.88. The minimum atomic E-state index is -0.306. The average molecular weight is 221 g/mol. The van der Waals surface area contributed by atoms with Gasteiger partial charge in [0.25, 0.3) is 0 Å². The highest BCUT2D eigenvalue weighted by Crippen LogP contribution is 2.14. The predicted molar refractivity (Wildman–Crippen MR) is 59.6 cm³/mol. The molecule has 0 spiro atoms. The summed E-state index contributed by atoms with van der Waals surface area (Å²) in [5.74, 6) is 0.862. The van der Waals surface area contributed by atoms with E-state index in [-0.39, 0.29) is 12.1 Å². The van der Waals surface area contributed by atoms with Gasteiger partial charge in [0.05, 0.1) is 13.2 Å². The maximum absolute atomic E-state index is 10.8. The van der Waals surface area contributed by atoms with Crippen molar-refractivity contribution in [2.24, 2.45) is 0 Å². The molecule has 1 aliphatic rings. The Morgan fingerprint density at radius 1 is 1.44 bits per heavy atom. The van der Waals surface area contributed by atoms with Gasteiger partial charge in [0.15, 0.2) is 0 Å². The van der Waals surface area contributed by atoms with E-state index in [1.807, 2.05) is 24.3 Å². The van der Waals surface area contributed by atoms with E-state index < -0.39 is 0 Å².